The second kappa shape index (κ2) is 4.99. The average molecular weight is 233 g/mol. The smallest absolute Gasteiger partial charge is 0.122 e. The molecule has 0 amide bonds. The third-order valence-electron chi connectivity index (χ3n) is 3.75. The Balaban J connectivity index is 1.89. The van der Waals surface area contributed by atoms with Gasteiger partial charge >= 0.3 is 0 Å². The van der Waals surface area contributed by atoms with E-state index in [1.54, 1.807) is 0 Å². The first kappa shape index (κ1) is 12.3. The zero-order chi connectivity index (χ0) is 12.4. The number of rotatable bonds is 5. The van der Waals surface area contributed by atoms with E-state index in [1.165, 1.54) is 19.3 Å². The molecule has 0 radical (unpaired) electrons. The highest BCUT2D eigenvalue weighted by Crippen LogP contribution is 2.42. The van der Waals surface area contributed by atoms with Gasteiger partial charge in [-0.25, -0.2) is 0 Å². The van der Waals surface area contributed by atoms with Crippen molar-refractivity contribution in [2.24, 2.45) is 11.8 Å². The molecule has 1 aromatic rings. The molecule has 1 aliphatic rings. The summed E-state index contributed by atoms with van der Waals surface area (Å²) in [7, 11) is 0. The van der Waals surface area contributed by atoms with E-state index in [4.69, 9.17) is 10.5 Å². The van der Waals surface area contributed by atoms with Gasteiger partial charge in [-0.3, -0.25) is 0 Å². The van der Waals surface area contributed by atoms with Crippen molar-refractivity contribution in [1.82, 2.24) is 0 Å². The molecule has 1 aromatic carbocycles. The summed E-state index contributed by atoms with van der Waals surface area (Å²) in [6.45, 7) is 7.21. The fourth-order valence-corrected chi connectivity index (χ4v) is 2.40. The first-order valence-electron chi connectivity index (χ1n) is 6.61. The SMILES string of the molecule is CCCC1CC1COc1cc(C)c(N)cc1C. The Morgan fingerprint density at radius 2 is 2.00 bits per heavy atom. The summed E-state index contributed by atoms with van der Waals surface area (Å²) >= 11 is 0. The highest BCUT2D eigenvalue weighted by Gasteiger charge is 2.36. The van der Waals surface area contributed by atoms with Gasteiger partial charge in [-0.15, -0.1) is 0 Å². The fourth-order valence-electron chi connectivity index (χ4n) is 2.40. The van der Waals surface area contributed by atoms with Crippen LogP contribution < -0.4 is 10.5 Å². The molecule has 17 heavy (non-hydrogen) atoms. The predicted octanol–water partition coefficient (Wildman–Crippen LogP) is 3.70. The second-order valence-corrected chi connectivity index (χ2v) is 5.33. The minimum Gasteiger partial charge on any atom is -0.493 e. The van der Waals surface area contributed by atoms with Gasteiger partial charge in [0.05, 0.1) is 6.61 Å². The van der Waals surface area contributed by atoms with E-state index in [2.05, 4.69) is 19.9 Å². The summed E-state index contributed by atoms with van der Waals surface area (Å²) in [5.41, 5.74) is 8.96. The van der Waals surface area contributed by atoms with Crippen LogP contribution in [0.5, 0.6) is 5.75 Å². The van der Waals surface area contributed by atoms with Crippen molar-refractivity contribution in [1.29, 1.82) is 0 Å². The summed E-state index contributed by atoms with van der Waals surface area (Å²) in [6.07, 6.45) is 4.00. The molecule has 1 aliphatic carbocycles. The van der Waals surface area contributed by atoms with Crippen molar-refractivity contribution in [3.63, 3.8) is 0 Å². The third-order valence-corrected chi connectivity index (χ3v) is 3.75. The Hall–Kier alpha value is -1.18. The van der Waals surface area contributed by atoms with Crippen LogP contribution in [0.1, 0.15) is 37.3 Å². The molecular formula is C15H23NO. The van der Waals surface area contributed by atoms with Gasteiger partial charge < -0.3 is 10.5 Å². The first-order chi connectivity index (χ1) is 8.11. The number of hydrogen-bond acceptors (Lipinski definition) is 2. The Morgan fingerprint density at radius 3 is 2.71 bits per heavy atom. The maximum Gasteiger partial charge on any atom is 0.122 e. The molecule has 2 N–H and O–H groups in total. The van der Waals surface area contributed by atoms with E-state index >= 15 is 0 Å². The van der Waals surface area contributed by atoms with Gasteiger partial charge in [-0.2, -0.15) is 0 Å². The van der Waals surface area contributed by atoms with E-state index in [-0.39, 0.29) is 0 Å². The standard InChI is InChI=1S/C15H23NO/c1-4-5-12-8-13(12)9-17-15-7-10(2)14(16)6-11(15)3/h6-7,12-13H,4-5,8-9,16H2,1-3H3. The van der Waals surface area contributed by atoms with Crippen LogP contribution >= 0.6 is 0 Å². The highest BCUT2D eigenvalue weighted by atomic mass is 16.5. The van der Waals surface area contributed by atoms with E-state index < -0.39 is 0 Å². The number of benzene rings is 1. The number of aryl methyl sites for hydroxylation is 2. The van der Waals surface area contributed by atoms with E-state index in [0.717, 1.165) is 41.0 Å². The molecule has 2 unspecified atom stereocenters. The molecular weight excluding hydrogens is 210 g/mol. The lowest BCUT2D eigenvalue weighted by molar-refractivity contribution is 0.288. The molecule has 0 aromatic heterocycles. The Morgan fingerprint density at radius 1 is 1.24 bits per heavy atom. The molecule has 1 fully saturated rings. The van der Waals surface area contributed by atoms with Gasteiger partial charge in [0.2, 0.25) is 0 Å². The van der Waals surface area contributed by atoms with Crippen molar-refractivity contribution in [3.05, 3.63) is 23.3 Å². The molecule has 0 heterocycles. The normalized spacial score (nSPS) is 22.5. The van der Waals surface area contributed by atoms with Gasteiger partial charge in [0.25, 0.3) is 0 Å². The number of nitrogen functional groups attached to an aromatic ring is 1. The lowest BCUT2D eigenvalue weighted by Crippen LogP contribution is -2.03. The van der Waals surface area contributed by atoms with Gasteiger partial charge in [0.15, 0.2) is 0 Å². The minimum absolute atomic E-state index is 0.784. The molecule has 2 rings (SSSR count). The molecule has 2 heteroatoms. The summed E-state index contributed by atoms with van der Waals surface area (Å²) in [4.78, 5) is 0. The van der Waals surface area contributed by atoms with Crippen molar-refractivity contribution >= 4 is 5.69 Å². The summed E-state index contributed by atoms with van der Waals surface area (Å²) in [6, 6.07) is 4.06. The summed E-state index contributed by atoms with van der Waals surface area (Å²) in [5, 5.41) is 0. The third kappa shape index (κ3) is 2.93. The minimum atomic E-state index is 0.784. The van der Waals surface area contributed by atoms with Gasteiger partial charge in [-0.1, -0.05) is 19.8 Å². The Kier molecular flexibility index (Phi) is 3.60. The van der Waals surface area contributed by atoms with Gasteiger partial charge in [-0.05, 0) is 55.4 Å². The van der Waals surface area contributed by atoms with Crippen molar-refractivity contribution in [2.45, 2.75) is 40.0 Å². The second-order valence-electron chi connectivity index (χ2n) is 5.33. The maximum absolute atomic E-state index is 5.92. The first-order valence-corrected chi connectivity index (χ1v) is 6.61. The van der Waals surface area contributed by atoms with Crippen LogP contribution in [0.15, 0.2) is 12.1 Å². The zero-order valence-electron chi connectivity index (χ0n) is 11.1. The topological polar surface area (TPSA) is 35.2 Å². The quantitative estimate of drug-likeness (QED) is 0.787. The molecule has 0 bridgehead atoms. The predicted molar refractivity (Wildman–Crippen MR) is 72.3 cm³/mol. The molecule has 2 atom stereocenters. The van der Waals surface area contributed by atoms with Gasteiger partial charge in [0, 0.05) is 5.69 Å². The number of anilines is 1. The van der Waals surface area contributed by atoms with E-state index in [0.29, 0.717) is 0 Å². The molecule has 2 nitrogen and oxygen atoms in total. The monoisotopic (exact) mass is 233 g/mol. The number of ether oxygens (including phenoxy) is 1. The fraction of sp³-hybridized carbons (Fsp3) is 0.600. The molecule has 0 spiro atoms. The van der Waals surface area contributed by atoms with Crippen molar-refractivity contribution in [2.75, 3.05) is 12.3 Å². The van der Waals surface area contributed by atoms with E-state index in [9.17, 15) is 0 Å². The lowest BCUT2D eigenvalue weighted by atomic mass is 10.1. The van der Waals surface area contributed by atoms with Crippen LogP contribution in [0, 0.1) is 25.7 Å². The van der Waals surface area contributed by atoms with Crippen molar-refractivity contribution < 1.29 is 4.74 Å². The summed E-state index contributed by atoms with van der Waals surface area (Å²) < 4.78 is 5.92. The van der Waals surface area contributed by atoms with Crippen LogP contribution in [-0.2, 0) is 0 Å². The van der Waals surface area contributed by atoms with Crippen LogP contribution in [-0.4, -0.2) is 6.61 Å². The average Bonchev–Trinajstić information content (AvgIpc) is 3.01. The summed E-state index contributed by atoms with van der Waals surface area (Å²) in [5.74, 6) is 2.70. The van der Waals surface area contributed by atoms with E-state index in [1.807, 2.05) is 13.0 Å². The van der Waals surface area contributed by atoms with Crippen LogP contribution in [0.4, 0.5) is 5.69 Å². The number of nitrogens with two attached hydrogens (primary N) is 1. The van der Waals surface area contributed by atoms with Crippen LogP contribution in [0.25, 0.3) is 0 Å². The molecule has 94 valence electrons. The Bertz CT molecular complexity index is 400. The lowest BCUT2D eigenvalue weighted by Gasteiger charge is -2.11. The molecule has 0 aliphatic heterocycles. The van der Waals surface area contributed by atoms with Crippen molar-refractivity contribution in [3.8, 4) is 5.75 Å². The molecule has 1 saturated carbocycles. The van der Waals surface area contributed by atoms with Crippen LogP contribution in [0.2, 0.25) is 0 Å². The van der Waals surface area contributed by atoms with Gasteiger partial charge in [0.1, 0.15) is 5.75 Å². The number of hydrogen-bond donors (Lipinski definition) is 1. The Labute approximate surface area is 104 Å². The van der Waals surface area contributed by atoms with Crippen LogP contribution in [0.3, 0.4) is 0 Å². The maximum atomic E-state index is 5.92. The highest BCUT2D eigenvalue weighted by molar-refractivity contribution is 5.53. The largest absolute Gasteiger partial charge is 0.493 e. The zero-order valence-corrected chi connectivity index (χ0v) is 11.1. The molecule has 0 saturated heterocycles.